The quantitative estimate of drug-likeness (QED) is 0.352. The first-order chi connectivity index (χ1) is 26.2. The highest BCUT2D eigenvalue weighted by atomic mass is 35.5. The fourth-order valence-electron chi connectivity index (χ4n) is 8.90. The molecule has 0 unspecified atom stereocenters. The maximum absolute atomic E-state index is 14.2. The highest BCUT2D eigenvalue weighted by molar-refractivity contribution is 7.90. The fraction of sp³-hybridized carbons (Fsp3) is 0.625. The molecule has 302 valence electrons. The van der Waals surface area contributed by atoms with E-state index in [0.29, 0.717) is 68.8 Å². The number of piperazine rings is 1. The molecule has 6 atom stereocenters. The van der Waals surface area contributed by atoms with E-state index in [4.69, 9.17) is 25.8 Å². The molecule has 2 bridgehead atoms. The number of nitrogens with zero attached hydrogens (tertiary/aromatic N) is 3. The molecular weight excluding hydrogens is 757 g/mol. The molecule has 1 saturated carbocycles. The molecular formula is C40H52ClF3N4O6S. The molecule has 0 spiro atoms. The second-order valence-corrected chi connectivity index (χ2v) is 18.4. The largest absolute Gasteiger partial charge is 0.487 e. The Labute approximate surface area is 327 Å². The van der Waals surface area contributed by atoms with E-state index in [0.717, 1.165) is 43.4 Å². The van der Waals surface area contributed by atoms with Crippen LogP contribution in [0.4, 0.5) is 18.9 Å². The van der Waals surface area contributed by atoms with Gasteiger partial charge in [-0.05, 0) is 105 Å². The molecule has 3 fully saturated rings. The standard InChI is InChI=1S/C40H52ClF3N4O6S/c1-27-6-5-14-39(54-26-40(42,43)44,48-17-16-46-18-19-52-25-34(46)23-48)35-12-9-31(35)22-47-15-4-3-7-29-20-33(41)11-8-32(29)24-53-37-13-10-30(21-36(37)47)38(49)45-55(50,51)28(27)2/h5,8,10-11,13-14,20-21,27-28,31,34-35H,3-4,6-7,9,12,15-19,22-26H2,1-2H3,(H,45,49)/b14-5-/t27-,28+,31-,34-,35+,39+/m0/s1. The molecule has 2 aromatic carbocycles. The van der Waals surface area contributed by atoms with Gasteiger partial charge in [0.05, 0.1) is 24.2 Å². The van der Waals surface area contributed by atoms with Gasteiger partial charge in [-0.15, -0.1) is 0 Å². The highest BCUT2D eigenvalue weighted by Gasteiger charge is 2.54. The van der Waals surface area contributed by atoms with Gasteiger partial charge in [-0.2, -0.15) is 13.2 Å². The van der Waals surface area contributed by atoms with E-state index < -0.39 is 45.6 Å². The van der Waals surface area contributed by atoms with Gasteiger partial charge in [-0.25, -0.2) is 13.1 Å². The summed E-state index contributed by atoms with van der Waals surface area (Å²) in [6, 6.07) is 10.7. The molecule has 4 heterocycles. The number of benzene rings is 2. The molecule has 7 rings (SSSR count). The average Bonchev–Trinajstić information content (AvgIpc) is 3.17. The number of aryl methyl sites for hydroxylation is 1. The lowest BCUT2D eigenvalue weighted by atomic mass is 9.66. The molecule has 2 aromatic rings. The Morgan fingerprint density at radius 3 is 2.64 bits per heavy atom. The number of alkyl halides is 3. The van der Waals surface area contributed by atoms with Crippen LogP contribution in [0.3, 0.4) is 0 Å². The summed E-state index contributed by atoms with van der Waals surface area (Å²) in [4.78, 5) is 20.2. The zero-order valence-corrected chi connectivity index (χ0v) is 33.1. The van der Waals surface area contributed by atoms with Crippen LogP contribution >= 0.6 is 11.6 Å². The molecule has 1 N–H and O–H groups in total. The third kappa shape index (κ3) is 8.99. The first-order valence-corrected chi connectivity index (χ1v) is 21.4. The van der Waals surface area contributed by atoms with E-state index in [1.165, 1.54) is 0 Å². The molecule has 1 aliphatic carbocycles. The number of sulfonamides is 1. The lowest BCUT2D eigenvalue weighted by molar-refractivity contribution is -0.261. The van der Waals surface area contributed by atoms with Crippen molar-refractivity contribution in [3.63, 3.8) is 0 Å². The van der Waals surface area contributed by atoms with Gasteiger partial charge in [0.25, 0.3) is 5.91 Å². The van der Waals surface area contributed by atoms with Crippen LogP contribution < -0.4 is 14.4 Å². The minimum Gasteiger partial charge on any atom is -0.487 e. The fourth-order valence-corrected chi connectivity index (χ4v) is 10.4. The van der Waals surface area contributed by atoms with E-state index >= 15 is 0 Å². The van der Waals surface area contributed by atoms with E-state index in [9.17, 15) is 26.4 Å². The summed E-state index contributed by atoms with van der Waals surface area (Å²) in [6.45, 7) is 6.77. The van der Waals surface area contributed by atoms with Crippen LogP contribution in [0.2, 0.25) is 5.02 Å². The molecule has 15 heteroatoms. The normalized spacial score (nSPS) is 31.6. The summed E-state index contributed by atoms with van der Waals surface area (Å²) in [7, 11) is -4.14. The van der Waals surface area contributed by atoms with Gasteiger partial charge in [-0.1, -0.05) is 30.7 Å². The number of morpholine rings is 1. The van der Waals surface area contributed by atoms with Crippen LogP contribution in [0.15, 0.2) is 48.6 Å². The number of carbonyl (C=O) groups excluding carboxylic acids is 1. The molecule has 0 aromatic heterocycles. The average molecular weight is 809 g/mol. The Bertz CT molecular complexity index is 1850. The molecule has 5 aliphatic rings. The first-order valence-electron chi connectivity index (χ1n) is 19.5. The van der Waals surface area contributed by atoms with Crippen molar-refractivity contribution in [2.24, 2.45) is 17.8 Å². The number of fused-ring (bicyclic) bond motifs is 4. The van der Waals surface area contributed by atoms with Crippen LogP contribution in [0, 0.1) is 17.8 Å². The summed E-state index contributed by atoms with van der Waals surface area (Å²) in [5.74, 6) is -1.04. The van der Waals surface area contributed by atoms with Crippen molar-refractivity contribution in [1.82, 2.24) is 14.5 Å². The van der Waals surface area contributed by atoms with Crippen molar-refractivity contribution in [2.45, 2.75) is 82.2 Å². The highest BCUT2D eigenvalue weighted by Crippen LogP contribution is 2.49. The molecule has 55 heavy (non-hydrogen) atoms. The van der Waals surface area contributed by atoms with Crippen LogP contribution in [-0.4, -0.2) is 106 Å². The van der Waals surface area contributed by atoms with Gasteiger partial charge < -0.3 is 19.1 Å². The lowest BCUT2D eigenvalue weighted by Gasteiger charge is -2.57. The number of amides is 1. The number of rotatable bonds is 3. The van der Waals surface area contributed by atoms with E-state index in [-0.39, 0.29) is 36.5 Å². The second-order valence-electron chi connectivity index (χ2n) is 15.9. The third-order valence-corrected chi connectivity index (χ3v) is 14.6. The zero-order valence-electron chi connectivity index (χ0n) is 31.5. The molecule has 2 saturated heterocycles. The number of anilines is 1. The van der Waals surface area contributed by atoms with Gasteiger partial charge in [0.2, 0.25) is 10.0 Å². The van der Waals surface area contributed by atoms with Gasteiger partial charge in [-0.3, -0.25) is 14.6 Å². The van der Waals surface area contributed by atoms with Crippen LogP contribution in [0.5, 0.6) is 5.75 Å². The second kappa shape index (κ2) is 16.5. The van der Waals surface area contributed by atoms with Crippen LogP contribution in [-0.2, 0) is 32.5 Å². The van der Waals surface area contributed by atoms with E-state index in [2.05, 4.69) is 19.4 Å². The van der Waals surface area contributed by atoms with Crippen molar-refractivity contribution in [3.05, 3.63) is 70.3 Å². The molecule has 0 radical (unpaired) electrons. The van der Waals surface area contributed by atoms with Crippen LogP contribution in [0.1, 0.15) is 67.4 Å². The molecule has 1 amide bonds. The summed E-state index contributed by atoms with van der Waals surface area (Å²) in [6.07, 6.45) is 3.13. The van der Waals surface area contributed by atoms with Crippen molar-refractivity contribution in [2.75, 3.05) is 64.0 Å². The maximum Gasteiger partial charge on any atom is 0.411 e. The van der Waals surface area contributed by atoms with Crippen molar-refractivity contribution in [3.8, 4) is 5.75 Å². The summed E-state index contributed by atoms with van der Waals surface area (Å²) in [5, 5.41) is -0.333. The number of hydrogen-bond acceptors (Lipinski definition) is 9. The summed E-state index contributed by atoms with van der Waals surface area (Å²) < 4.78 is 90.6. The Balaban J connectivity index is 1.31. The minimum atomic E-state index is -4.56. The summed E-state index contributed by atoms with van der Waals surface area (Å²) in [5.41, 5.74) is 1.50. The van der Waals surface area contributed by atoms with Gasteiger partial charge in [0, 0.05) is 61.8 Å². The van der Waals surface area contributed by atoms with Gasteiger partial charge in [0.1, 0.15) is 24.7 Å². The number of halogens is 4. The van der Waals surface area contributed by atoms with Crippen LogP contribution in [0.25, 0.3) is 0 Å². The maximum atomic E-state index is 14.2. The van der Waals surface area contributed by atoms with Crippen molar-refractivity contribution < 1.29 is 40.6 Å². The van der Waals surface area contributed by atoms with Crippen molar-refractivity contribution >= 4 is 33.2 Å². The monoisotopic (exact) mass is 808 g/mol. The Morgan fingerprint density at radius 2 is 1.85 bits per heavy atom. The minimum absolute atomic E-state index is 0.0151. The van der Waals surface area contributed by atoms with E-state index in [1.807, 2.05) is 18.2 Å². The predicted molar refractivity (Wildman–Crippen MR) is 205 cm³/mol. The lowest BCUT2D eigenvalue weighted by Crippen LogP contribution is -2.68. The van der Waals surface area contributed by atoms with E-state index in [1.54, 1.807) is 44.2 Å². The predicted octanol–water partition coefficient (Wildman–Crippen LogP) is 6.42. The topological polar surface area (TPSA) is 101 Å². The Morgan fingerprint density at radius 1 is 1.02 bits per heavy atom. The molecule has 10 nitrogen and oxygen atoms in total. The Kier molecular flexibility index (Phi) is 12.1. The number of hydrogen-bond donors (Lipinski definition) is 1. The number of carbonyl (C=O) groups is 1. The number of ether oxygens (including phenoxy) is 3. The first kappa shape index (κ1) is 40.3. The Hall–Kier alpha value is -2.88. The zero-order chi connectivity index (χ0) is 39.0. The van der Waals surface area contributed by atoms with Crippen molar-refractivity contribution in [1.29, 1.82) is 0 Å². The van der Waals surface area contributed by atoms with Gasteiger partial charge >= 0.3 is 6.18 Å². The van der Waals surface area contributed by atoms with Gasteiger partial charge in [0.15, 0.2) is 0 Å². The summed E-state index contributed by atoms with van der Waals surface area (Å²) >= 11 is 6.37. The smallest absolute Gasteiger partial charge is 0.411 e. The third-order valence-electron chi connectivity index (χ3n) is 12.4. The SMILES string of the molecule is C[C@@H]1[C@@H](C)C/C=C\[C@](OCC(F)(F)F)(N2CCN3CCOC[C@@H]3C2)[C@@H]2CC[C@H]2CN2CCCCc3cc(Cl)ccc3COc3ccc(cc32)C(=O)NS1(=O)=O. The number of nitrogens with one attached hydrogen (secondary N) is 1. The molecule has 4 aliphatic heterocycles. The number of allylic oxidation sites excluding steroid dienone is 1.